The van der Waals surface area contributed by atoms with Crippen molar-refractivity contribution in [3.63, 3.8) is 0 Å². The van der Waals surface area contributed by atoms with Crippen molar-refractivity contribution in [2.75, 3.05) is 6.61 Å². The van der Waals surface area contributed by atoms with Crippen LogP contribution < -0.4 is 0 Å². The number of halogens is 1. The normalized spacial score (nSPS) is 22.2. The number of hydrogen-bond acceptors (Lipinski definition) is 5. The highest BCUT2D eigenvalue weighted by Gasteiger charge is 2.31. The first-order valence-electron chi connectivity index (χ1n) is 3.70. The van der Waals surface area contributed by atoms with Crippen molar-refractivity contribution < 1.29 is 31.0 Å². The molecule has 0 saturated carbocycles. The van der Waals surface area contributed by atoms with Gasteiger partial charge in [0.2, 0.25) is 0 Å². The fraction of sp³-hybridized carbons (Fsp3) is 0.833. The van der Waals surface area contributed by atoms with Gasteiger partial charge in [0.05, 0.1) is 12.7 Å². The Bertz CT molecular complexity index is 186. The zero-order valence-corrected chi connectivity index (χ0v) is 6.14. The molecule has 4 N–H and O–H groups in total. The van der Waals surface area contributed by atoms with Gasteiger partial charge in [0, 0.05) is 6.42 Å². The lowest BCUT2D eigenvalue weighted by Crippen LogP contribution is -2.38. The molecule has 72 valence electrons. The lowest BCUT2D eigenvalue weighted by Gasteiger charge is -2.19. The van der Waals surface area contributed by atoms with E-state index in [-0.39, 0.29) is 0 Å². The molecule has 0 fully saturated rings. The van der Waals surface area contributed by atoms with Crippen LogP contribution in [0.3, 0.4) is 0 Å². The van der Waals surface area contributed by atoms with Gasteiger partial charge in [0.1, 0.15) is 7.47 Å². The maximum absolute atomic E-state index is 12.6. The topological polar surface area (TPSA) is 98.0 Å². The van der Waals surface area contributed by atoms with Crippen LogP contribution in [0, 0.1) is 0 Å². The Morgan fingerprint density at radius 1 is 1.58 bits per heavy atom. The molecule has 12 heavy (non-hydrogen) atoms. The molecule has 0 aromatic carbocycles. The van der Waals surface area contributed by atoms with E-state index in [9.17, 15) is 9.18 Å². The van der Waals surface area contributed by atoms with E-state index in [2.05, 4.69) is 0 Å². The number of aliphatic hydroxyl groups excluding tert-OH is 3. The molecule has 0 aromatic rings. The van der Waals surface area contributed by atoms with Crippen LogP contribution in [0.25, 0.3) is 0 Å². The Balaban J connectivity index is 4.19. The van der Waals surface area contributed by atoms with Crippen LogP contribution in [-0.4, -0.2) is 51.4 Å². The largest absolute Gasteiger partial charge is 0.394 e. The van der Waals surface area contributed by atoms with Gasteiger partial charge in [-0.15, -0.1) is 0 Å². The van der Waals surface area contributed by atoms with Crippen molar-refractivity contribution in [2.24, 2.45) is 0 Å². The molecule has 6 heteroatoms. The Kier molecular flexibility index (Phi) is 3.54. The number of aliphatic hydroxyl groups is 4. The molecule has 0 aliphatic rings. The predicted octanol–water partition coefficient (Wildman–Crippen LogP) is -2.05. The van der Waals surface area contributed by atoms with Crippen molar-refractivity contribution in [1.29, 1.82) is 0 Å². The fourth-order valence-electron chi connectivity index (χ4n) is 0.577. The number of rotatable bonds is 5. The highest BCUT2D eigenvalue weighted by molar-refractivity contribution is 5.59. The summed E-state index contributed by atoms with van der Waals surface area (Å²) in [5.74, 6) is -3.49. The lowest BCUT2D eigenvalue weighted by molar-refractivity contribution is -0.156. The molecule has 3 atom stereocenters. The average molecular weight is 183 g/mol. The highest BCUT2D eigenvalue weighted by atomic mass is 19.2. The van der Waals surface area contributed by atoms with Crippen molar-refractivity contribution in [2.45, 2.75) is 24.5 Å². The van der Waals surface area contributed by atoms with Crippen molar-refractivity contribution in [1.82, 2.24) is 0 Å². The van der Waals surface area contributed by atoms with Crippen molar-refractivity contribution in [3.05, 3.63) is 0 Å². The second kappa shape index (κ2) is 4.46. The molecule has 5 nitrogen and oxygen atoms in total. The van der Waals surface area contributed by atoms with Gasteiger partial charge in [-0.2, -0.15) is 0 Å². The third-order valence-electron chi connectivity index (χ3n) is 1.27. The Labute approximate surface area is 69.5 Å². The summed E-state index contributed by atoms with van der Waals surface area (Å²) in [7, 11) is 0. The first kappa shape index (κ1) is 9.53. The summed E-state index contributed by atoms with van der Waals surface area (Å²) >= 11 is 0. The minimum atomic E-state index is -3.49. The Hall–Kier alpha value is -0.560. The third-order valence-corrected chi connectivity index (χ3v) is 1.27. The molecule has 0 heterocycles. The molecule has 0 aliphatic heterocycles. The third kappa shape index (κ3) is 3.72. The zero-order valence-electron chi connectivity index (χ0n) is 7.14. The second-order valence-corrected chi connectivity index (χ2v) is 2.38. The van der Waals surface area contributed by atoms with E-state index in [0.717, 1.165) is 0 Å². The summed E-state index contributed by atoms with van der Waals surface area (Å²) < 4.78 is 18.9. The summed E-state index contributed by atoms with van der Waals surface area (Å²) in [6, 6.07) is 0. The molecule has 0 rings (SSSR count). The van der Waals surface area contributed by atoms with E-state index < -0.39 is 37.4 Å². The number of aldehydes is 1. The van der Waals surface area contributed by atoms with Gasteiger partial charge in [0.25, 0.3) is 5.85 Å². The van der Waals surface area contributed by atoms with Gasteiger partial charge in [-0.3, -0.25) is 4.79 Å². The maximum Gasteiger partial charge on any atom is 0.265 e. The van der Waals surface area contributed by atoms with Crippen LogP contribution in [0.4, 0.5) is 4.39 Å². The minimum absolute atomic E-state index is 0.830. The van der Waals surface area contributed by atoms with Crippen LogP contribution in [-0.2, 0) is 4.79 Å². The molecule has 0 amide bonds. The molecule has 0 radical (unpaired) electrons. The molecular formula is C6H11FO5. The molecule has 0 aromatic heterocycles. The van der Waals surface area contributed by atoms with E-state index in [0.29, 0.717) is 0 Å². The van der Waals surface area contributed by atoms with E-state index in [4.69, 9.17) is 21.8 Å². The smallest absolute Gasteiger partial charge is 0.265 e. The van der Waals surface area contributed by atoms with Gasteiger partial charge in [-0.1, -0.05) is 0 Å². The maximum atomic E-state index is 12.6. The monoisotopic (exact) mass is 183 g/mol. The Morgan fingerprint density at radius 3 is 2.42 bits per heavy atom. The SMILES string of the molecule is [2H]C(=O)[C@@](O)(F)C[C@H](O)[C@H](O)CO. The first-order chi connectivity index (χ1) is 5.81. The molecule has 0 unspecified atom stereocenters. The van der Waals surface area contributed by atoms with Crippen LogP contribution in [0.5, 0.6) is 0 Å². The summed E-state index contributed by atoms with van der Waals surface area (Å²) in [6.07, 6.45) is -6.50. The summed E-state index contributed by atoms with van der Waals surface area (Å²) in [5.41, 5.74) is 0. The van der Waals surface area contributed by atoms with Gasteiger partial charge < -0.3 is 20.4 Å². The van der Waals surface area contributed by atoms with E-state index >= 15 is 0 Å². The van der Waals surface area contributed by atoms with Crippen LogP contribution >= 0.6 is 0 Å². The molecular weight excluding hydrogens is 171 g/mol. The first-order valence-corrected chi connectivity index (χ1v) is 3.20. The van der Waals surface area contributed by atoms with Gasteiger partial charge in [0.15, 0.2) is 6.26 Å². The zero-order chi connectivity index (χ0) is 10.6. The van der Waals surface area contributed by atoms with Crippen LogP contribution in [0.1, 0.15) is 7.79 Å². The van der Waals surface area contributed by atoms with E-state index in [1.165, 1.54) is 0 Å². The number of alkyl halides is 1. The number of carbonyl (C=O) groups is 1. The van der Waals surface area contributed by atoms with Gasteiger partial charge >= 0.3 is 0 Å². The molecule has 0 spiro atoms. The summed E-state index contributed by atoms with van der Waals surface area (Å²) in [4.78, 5) is 10.1. The van der Waals surface area contributed by atoms with E-state index in [1.807, 2.05) is 0 Å². The number of carbonyl (C=O) groups excluding carboxylic acids is 1. The minimum Gasteiger partial charge on any atom is -0.394 e. The quantitative estimate of drug-likeness (QED) is 0.368. The summed E-state index contributed by atoms with van der Waals surface area (Å²) in [6.45, 7) is -0.830. The Morgan fingerprint density at radius 2 is 2.08 bits per heavy atom. The van der Waals surface area contributed by atoms with E-state index in [1.54, 1.807) is 0 Å². The van der Waals surface area contributed by atoms with Crippen LogP contribution in [0.2, 0.25) is 0 Å². The molecule has 0 saturated heterocycles. The fourth-order valence-corrected chi connectivity index (χ4v) is 0.577. The van der Waals surface area contributed by atoms with Gasteiger partial charge in [-0.05, 0) is 0 Å². The van der Waals surface area contributed by atoms with Crippen molar-refractivity contribution >= 4 is 6.26 Å². The molecule has 0 aliphatic carbocycles. The average Bonchev–Trinajstić information content (AvgIpc) is 2.01. The van der Waals surface area contributed by atoms with Crippen LogP contribution in [0.15, 0.2) is 0 Å². The standard InChI is InChI=1S/C6H11FO5/c7-6(12,3-9)1-4(10)5(11)2-8/h3-5,8,10-12H,1-2H2/t4-,5+,6+/m0/s1/i3D. The second-order valence-electron chi connectivity index (χ2n) is 2.38. The highest BCUT2D eigenvalue weighted by Crippen LogP contribution is 2.13. The van der Waals surface area contributed by atoms with Crippen molar-refractivity contribution in [3.8, 4) is 0 Å². The summed E-state index contributed by atoms with van der Waals surface area (Å²) in [5, 5.41) is 34.4. The lowest BCUT2D eigenvalue weighted by atomic mass is 10.1. The number of hydrogen-bond donors (Lipinski definition) is 4. The predicted molar refractivity (Wildman–Crippen MR) is 35.8 cm³/mol. The molecule has 0 bridgehead atoms. The van der Waals surface area contributed by atoms with Gasteiger partial charge in [-0.25, -0.2) is 4.39 Å².